The highest BCUT2D eigenvalue weighted by Gasteiger charge is 2.53. The van der Waals surface area contributed by atoms with E-state index in [4.69, 9.17) is 33.2 Å². The number of nitrogens with zero attached hydrogens (tertiary/aromatic N) is 1. The zero-order chi connectivity index (χ0) is 39.7. The summed E-state index contributed by atoms with van der Waals surface area (Å²) in [5.41, 5.74) is -3.00. The molecule has 2 saturated heterocycles. The van der Waals surface area contributed by atoms with Crippen LogP contribution in [0, 0.1) is 23.7 Å². The van der Waals surface area contributed by atoms with Gasteiger partial charge in [-0.15, -0.1) is 0 Å². The molecule has 14 nitrogen and oxygen atoms in total. The van der Waals surface area contributed by atoms with Gasteiger partial charge in [-0.3, -0.25) is 9.59 Å². The Hall–Kier alpha value is -1.91. The number of methoxy groups -OCH3 is 2. The molecule has 2 rings (SSSR count). The summed E-state index contributed by atoms with van der Waals surface area (Å²) in [4.78, 5) is 43.5. The number of nitrogens with one attached hydrogen (secondary N) is 1. The maximum atomic E-state index is 14.1. The fraction of sp³-hybridized carbons (Fsp3) is 0.921. The molecule has 2 aliphatic heterocycles. The Balaban J connectivity index is 2.72. The molecule has 2 aliphatic rings. The summed E-state index contributed by atoms with van der Waals surface area (Å²) in [5, 5.41) is 26.1. The van der Waals surface area contributed by atoms with E-state index in [1.54, 1.807) is 41.5 Å². The van der Waals surface area contributed by atoms with Gasteiger partial charge in [0.15, 0.2) is 6.29 Å². The van der Waals surface area contributed by atoms with Gasteiger partial charge in [-0.2, -0.15) is 0 Å². The molecular weight excluding hydrogens is 676 g/mol. The van der Waals surface area contributed by atoms with Crippen molar-refractivity contribution in [3.8, 4) is 0 Å². The predicted molar refractivity (Wildman–Crippen MR) is 195 cm³/mol. The number of alkyl carbamates (subject to hydrolysis) is 1. The second-order valence-corrected chi connectivity index (χ2v) is 15.9. The van der Waals surface area contributed by atoms with Crippen molar-refractivity contribution in [2.24, 2.45) is 23.7 Å². The van der Waals surface area contributed by atoms with Crippen LogP contribution in [0.2, 0.25) is 0 Å². The van der Waals surface area contributed by atoms with Gasteiger partial charge in [0.2, 0.25) is 0 Å². The third kappa shape index (κ3) is 11.5. The van der Waals surface area contributed by atoms with Gasteiger partial charge < -0.3 is 53.6 Å². The van der Waals surface area contributed by atoms with Crippen LogP contribution in [0.3, 0.4) is 0 Å². The van der Waals surface area contributed by atoms with Crippen LogP contribution in [0.15, 0.2) is 0 Å². The van der Waals surface area contributed by atoms with Gasteiger partial charge in [0.05, 0.1) is 35.9 Å². The standard InChI is InChI=1S/C38H70N2O12/c1-15-28-38(10,45)33(46-13)24(6)29(41)22(4)20-37(9,47-14)32(52-35-30(42)27(40(11)12)19-23(5)49-35)25(7)31(26(8)34(43)50-28)51-36(44)39-17-16-18-48-21(2)3/h21-28,30-33,35,42,45H,15-20H2,1-14H3,(H,39,44)/t22-,23-,24+,25+,26-,27+,28-,30-,31+,32-,33-,35+,37-,38-/m1/s1. The maximum Gasteiger partial charge on any atom is 0.407 e. The van der Waals surface area contributed by atoms with E-state index in [2.05, 4.69) is 5.32 Å². The van der Waals surface area contributed by atoms with Crippen LogP contribution in [0.25, 0.3) is 0 Å². The largest absolute Gasteiger partial charge is 0.459 e. The minimum absolute atomic E-state index is 0.0483. The molecule has 0 unspecified atom stereocenters. The van der Waals surface area contributed by atoms with Gasteiger partial charge in [-0.05, 0) is 81.3 Å². The lowest BCUT2D eigenvalue weighted by Gasteiger charge is -2.48. The van der Waals surface area contributed by atoms with Gasteiger partial charge in [0.1, 0.15) is 29.7 Å². The molecule has 0 aliphatic carbocycles. The first-order chi connectivity index (χ1) is 24.2. The monoisotopic (exact) mass is 746 g/mol. The number of hydrogen-bond acceptors (Lipinski definition) is 13. The zero-order valence-corrected chi connectivity index (χ0v) is 34.2. The number of ether oxygens (including phenoxy) is 7. The molecule has 14 heteroatoms. The molecule has 0 aromatic rings. The van der Waals surface area contributed by atoms with Gasteiger partial charge in [0.25, 0.3) is 0 Å². The number of carbonyl (C=O) groups excluding carboxylic acids is 3. The Morgan fingerprint density at radius 3 is 2.23 bits per heavy atom. The topological polar surface area (TPSA) is 172 Å². The van der Waals surface area contributed by atoms with E-state index in [1.165, 1.54) is 21.1 Å². The number of esters is 1. The van der Waals surface area contributed by atoms with E-state index in [1.807, 2.05) is 39.8 Å². The molecule has 1 amide bonds. The van der Waals surface area contributed by atoms with Crippen molar-refractivity contribution < 1.29 is 57.8 Å². The van der Waals surface area contributed by atoms with Crippen molar-refractivity contribution >= 4 is 17.8 Å². The van der Waals surface area contributed by atoms with Crippen LogP contribution < -0.4 is 5.32 Å². The van der Waals surface area contributed by atoms with E-state index in [0.29, 0.717) is 19.4 Å². The summed E-state index contributed by atoms with van der Waals surface area (Å²) in [6.45, 7) is 18.4. The SMILES string of the molecule is CC[C@H]1OC(=O)[C@H](C)[C@@H](OC(=O)NCCCOC(C)C)[C@H](C)[C@@H](O[C@@H]2O[C@H](C)C[C@H](N(C)C)[C@H]2O)[C@](C)(OC)C[C@@H](C)C(=O)[C@H](C)[C@@H](OC)[C@]1(C)O. The molecule has 52 heavy (non-hydrogen) atoms. The molecule has 0 aromatic heterocycles. The molecule has 2 heterocycles. The Morgan fingerprint density at radius 1 is 1.06 bits per heavy atom. The molecule has 0 bridgehead atoms. The normalized spacial score (nSPS) is 40.0. The minimum atomic E-state index is -1.75. The lowest BCUT2D eigenvalue weighted by atomic mass is 9.73. The van der Waals surface area contributed by atoms with Crippen LogP contribution in [-0.4, -0.2) is 141 Å². The molecule has 2 fully saturated rings. The van der Waals surface area contributed by atoms with E-state index < -0.39 is 83.7 Å². The number of rotatable bonds is 12. The van der Waals surface area contributed by atoms with Crippen LogP contribution in [0.1, 0.15) is 94.9 Å². The van der Waals surface area contributed by atoms with Crippen LogP contribution in [0.5, 0.6) is 0 Å². The second kappa shape index (κ2) is 20.1. The van der Waals surface area contributed by atoms with E-state index in [9.17, 15) is 24.6 Å². The van der Waals surface area contributed by atoms with Crippen molar-refractivity contribution in [1.29, 1.82) is 0 Å². The number of aliphatic hydroxyl groups excluding tert-OH is 1. The van der Waals surface area contributed by atoms with Crippen molar-refractivity contribution in [2.75, 3.05) is 41.5 Å². The number of ketones is 1. The molecule has 304 valence electrons. The highest BCUT2D eigenvalue weighted by Crippen LogP contribution is 2.40. The summed E-state index contributed by atoms with van der Waals surface area (Å²) in [5.74, 6) is -4.20. The second-order valence-electron chi connectivity index (χ2n) is 15.9. The number of likely N-dealkylation sites (N-methyl/N-ethyl adjacent to an activating group) is 1. The number of hydrogen-bond donors (Lipinski definition) is 3. The number of amides is 1. The summed E-state index contributed by atoms with van der Waals surface area (Å²) in [7, 11) is 6.66. The average molecular weight is 747 g/mol. The summed E-state index contributed by atoms with van der Waals surface area (Å²) in [6, 6.07) is -0.283. The summed E-state index contributed by atoms with van der Waals surface area (Å²) in [6.07, 6.45) is -5.90. The van der Waals surface area contributed by atoms with E-state index in [-0.39, 0.29) is 43.4 Å². The highest BCUT2D eigenvalue weighted by molar-refractivity contribution is 5.83. The van der Waals surface area contributed by atoms with Gasteiger partial charge >= 0.3 is 12.1 Å². The van der Waals surface area contributed by atoms with Crippen molar-refractivity contribution in [2.45, 2.75) is 161 Å². The Morgan fingerprint density at radius 2 is 1.69 bits per heavy atom. The molecule has 0 radical (unpaired) electrons. The fourth-order valence-electron chi connectivity index (χ4n) is 7.96. The lowest BCUT2D eigenvalue weighted by Crippen LogP contribution is -2.61. The molecule has 0 aromatic carbocycles. The summed E-state index contributed by atoms with van der Waals surface area (Å²) >= 11 is 0. The first-order valence-corrected chi connectivity index (χ1v) is 18.9. The molecular formula is C38H70N2O12. The number of Topliss-reactive ketones (excluding diaryl/α,β-unsaturated/α-hetero) is 1. The van der Waals surface area contributed by atoms with Gasteiger partial charge in [-0.25, -0.2) is 4.79 Å². The van der Waals surface area contributed by atoms with E-state index in [0.717, 1.165) is 0 Å². The summed E-state index contributed by atoms with van der Waals surface area (Å²) < 4.78 is 42.6. The average Bonchev–Trinajstić information content (AvgIpc) is 3.07. The quantitative estimate of drug-likeness (QED) is 0.195. The van der Waals surface area contributed by atoms with Gasteiger partial charge in [0, 0.05) is 51.2 Å². The number of cyclic esters (lactones) is 1. The highest BCUT2D eigenvalue weighted by atomic mass is 16.7. The predicted octanol–water partition coefficient (Wildman–Crippen LogP) is 3.72. The molecule has 0 saturated carbocycles. The lowest BCUT2D eigenvalue weighted by molar-refractivity contribution is -0.301. The first-order valence-electron chi connectivity index (χ1n) is 18.9. The van der Waals surface area contributed by atoms with Crippen molar-refractivity contribution in [1.82, 2.24) is 10.2 Å². The van der Waals surface area contributed by atoms with Crippen molar-refractivity contribution in [3.05, 3.63) is 0 Å². The molecule has 14 atom stereocenters. The minimum Gasteiger partial charge on any atom is -0.459 e. The number of carbonyl (C=O) groups is 3. The first kappa shape index (κ1) is 46.2. The van der Waals surface area contributed by atoms with Crippen molar-refractivity contribution in [3.63, 3.8) is 0 Å². The van der Waals surface area contributed by atoms with Gasteiger partial charge in [-0.1, -0.05) is 27.7 Å². The van der Waals surface area contributed by atoms with E-state index >= 15 is 0 Å². The maximum absolute atomic E-state index is 14.1. The third-order valence-electron chi connectivity index (χ3n) is 11.0. The zero-order valence-electron chi connectivity index (χ0n) is 34.2. The Labute approximate surface area is 311 Å². The Kier molecular flexibility index (Phi) is 17.9. The smallest absolute Gasteiger partial charge is 0.407 e. The third-order valence-corrected chi connectivity index (χ3v) is 11.0. The molecule has 3 N–H and O–H groups in total. The number of aliphatic hydroxyl groups is 2. The fourth-order valence-corrected chi connectivity index (χ4v) is 7.96. The molecule has 0 spiro atoms. The van der Waals surface area contributed by atoms with Crippen LogP contribution in [-0.2, 0) is 42.7 Å². The Bertz CT molecular complexity index is 1140. The van der Waals surface area contributed by atoms with Crippen LogP contribution in [0.4, 0.5) is 4.79 Å². The van der Waals surface area contributed by atoms with Crippen LogP contribution >= 0.6 is 0 Å².